The maximum Gasteiger partial charge on any atom is 0.169 e. The Morgan fingerprint density at radius 3 is 2.68 bits per heavy atom. The maximum absolute atomic E-state index is 5.62. The van der Waals surface area contributed by atoms with Gasteiger partial charge in [-0.25, -0.2) is 0 Å². The van der Waals surface area contributed by atoms with Gasteiger partial charge in [-0.2, -0.15) is 0 Å². The largest absolute Gasteiger partial charge is 0.450 e. The topological polar surface area (TPSA) is 25.2 Å². The van der Waals surface area contributed by atoms with Crippen LogP contribution in [0.4, 0.5) is 0 Å². The van der Waals surface area contributed by atoms with E-state index in [0.717, 1.165) is 22.9 Å². The van der Waals surface area contributed by atoms with Gasteiger partial charge >= 0.3 is 0 Å². The highest BCUT2D eigenvalue weighted by atomic mass is 79.9. The zero-order valence-electron chi connectivity index (χ0n) is 11.9. The Morgan fingerprint density at radius 1 is 1.37 bits per heavy atom. The molecule has 1 aromatic heterocycles. The molecule has 1 N–H and O–H groups in total. The van der Waals surface area contributed by atoms with Crippen LogP contribution in [-0.4, -0.2) is 12.6 Å². The van der Waals surface area contributed by atoms with Crippen molar-refractivity contribution in [3.63, 3.8) is 0 Å². The third-order valence-electron chi connectivity index (χ3n) is 3.77. The van der Waals surface area contributed by atoms with Crippen molar-refractivity contribution < 1.29 is 4.42 Å². The molecule has 0 amide bonds. The molecule has 0 aliphatic heterocycles. The summed E-state index contributed by atoms with van der Waals surface area (Å²) in [5, 5.41) is 3.55. The Bertz CT molecular complexity index is 416. The van der Waals surface area contributed by atoms with Gasteiger partial charge in [0.25, 0.3) is 0 Å². The second kappa shape index (κ2) is 7.30. The van der Waals surface area contributed by atoms with E-state index in [9.17, 15) is 0 Å². The summed E-state index contributed by atoms with van der Waals surface area (Å²) in [5.41, 5.74) is 1.50. The quantitative estimate of drug-likeness (QED) is 0.823. The summed E-state index contributed by atoms with van der Waals surface area (Å²) in [5.74, 6) is 1.68. The van der Waals surface area contributed by atoms with Gasteiger partial charge < -0.3 is 9.73 Å². The molecule has 0 unspecified atom stereocenters. The molecular weight excluding hydrogens is 302 g/mol. The highest BCUT2D eigenvalue weighted by Crippen LogP contribution is 2.31. The molecule has 3 heteroatoms. The van der Waals surface area contributed by atoms with Crippen molar-refractivity contribution in [2.24, 2.45) is 5.92 Å². The van der Waals surface area contributed by atoms with Crippen LogP contribution in [0.25, 0.3) is 6.08 Å². The Morgan fingerprint density at radius 2 is 2.11 bits per heavy atom. The number of hydrogen-bond donors (Lipinski definition) is 1. The molecule has 1 aliphatic rings. The average molecular weight is 326 g/mol. The molecule has 0 atom stereocenters. The highest BCUT2D eigenvalue weighted by Gasteiger charge is 2.18. The summed E-state index contributed by atoms with van der Waals surface area (Å²) in [6, 6.07) is 4.51. The van der Waals surface area contributed by atoms with Crippen LogP contribution in [-0.2, 0) is 0 Å². The van der Waals surface area contributed by atoms with E-state index in [1.165, 1.54) is 37.7 Å². The van der Waals surface area contributed by atoms with Gasteiger partial charge in [0.2, 0.25) is 0 Å². The van der Waals surface area contributed by atoms with Crippen LogP contribution in [0.2, 0.25) is 0 Å². The summed E-state index contributed by atoms with van der Waals surface area (Å²) < 4.78 is 6.43. The van der Waals surface area contributed by atoms with E-state index in [4.69, 9.17) is 4.42 Å². The lowest BCUT2D eigenvalue weighted by molar-refractivity contribution is 0.393. The molecule has 19 heavy (non-hydrogen) atoms. The van der Waals surface area contributed by atoms with Crippen LogP contribution in [0.3, 0.4) is 0 Å². The summed E-state index contributed by atoms with van der Waals surface area (Å²) in [6.45, 7) is 5.37. The highest BCUT2D eigenvalue weighted by molar-refractivity contribution is 9.10. The zero-order valence-corrected chi connectivity index (χ0v) is 13.5. The molecule has 2 rings (SSSR count). The third kappa shape index (κ3) is 4.81. The van der Waals surface area contributed by atoms with Crippen molar-refractivity contribution in [3.05, 3.63) is 28.1 Å². The lowest BCUT2D eigenvalue weighted by Gasteiger charge is -2.25. The van der Waals surface area contributed by atoms with Gasteiger partial charge in [0, 0.05) is 12.6 Å². The standard InChI is InChI=1S/C16H24BrNO/c1-12(2)18-11-14(13-6-4-3-5-7-13)10-15-8-9-16(17)19-15/h8-10,12-13,18H,3-7,11H2,1-2H3. The van der Waals surface area contributed by atoms with Gasteiger partial charge in [0.15, 0.2) is 4.67 Å². The van der Waals surface area contributed by atoms with E-state index in [0.29, 0.717) is 6.04 Å². The Kier molecular flexibility index (Phi) is 5.71. The molecule has 0 saturated heterocycles. The summed E-state index contributed by atoms with van der Waals surface area (Å²) in [4.78, 5) is 0. The summed E-state index contributed by atoms with van der Waals surface area (Å²) in [7, 11) is 0. The van der Waals surface area contributed by atoms with Gasteiger partial charge in [-0.15, -0.1) is 0 Å². The second-order valence-electron chi connectivity index (χ2n) is 5.73. The normalized spacial score (nSPS) is 18.2. The molecular formula is C16H24BrNO. The van der Waals surface area contributed by atoms with E-state index < -0.39 is 0 Å². The Labute approximate surface area is 124 Å². The van der Waals surface area contributed by atoms with Gasteiger partial charge in [-0.1, -0.05) is 33.1 Å². The van der Waals surface area contributed by atoms with Crippen LogP contribution in [0.5, 0.6) is 0 Å². The second-order valence-corrected chi connectivity index (χ2v) is 6.51. The molecule has 0 aromatic carbocycles. The van der Waals surface area contributed by atoms with E-state index in [1.54, 1.807) is 0 Å². The first-order chi connectivity index (χ1) is 9.15. The zero-order chi connectivity index (χ0) is 13.7. The summed E-state index contributed by atoms with van der Waals surface area (Å²) >= 11 is 3.37. The minimum absolute atomic E-state index is 0.523. The summed E-state index contributed by atoms with van der Waals surface area (Å²) in [6.07, 6.45) is 9.02. The van der Waals surface area contributed by atoms with Crippen molar-refractivity contribution in [1.29, 1.82) is 0 Å². The van der Waals surface area contributed by atoms with E-state index in [1.807, 2.05) is 12.1 Å². The van der Waals surface area contributed by atoms with E-state index in [2.05, 4.69) is 41.2 Å². The Hall–Kier alpha value is -0.540. The van der Waals surface area contributed by atoms with Crippen LogP contribution < -0.4 is 5.32 Å². The first kappa shape index (κ1) is 14.9. The minimum atomic E-state index is 0.523. The fourth-order valence-electron chi connectivity index (χ4n) is 2.70. The molecule has 0 spiro atoms. The Balaban J connectivity index is 2.10. The SMILES string of the molecule is CC(C)NCC(=Cc1ccc(Br)o1)C1CCCCC1. The van der Waals surface area contributed by atoms with E-state index >= 15 is 0 Å². The molecule has 1 aromatic rings. The molecule has 0 radical (unpaired) electrons. The van der Waals surface area contributed by atoms with Crippen molar-refractivity contribution in [1.82, 2.24) is 5.32 Å². The van der Waals surface area contributed by atoms with Crippen LogP contribution in [0.1, 0.15) is 51.7 Å². The van der Waals surface area contributed by atoms with Crippen molar-refractivity contribution in [3.8, 4) is 0 Å². The van der Waals surface area contributed by atoms with Gasteiger partial charge in [-0.3, -0.25) is 0 Å². The van der Waals surface area contributed by atoms with Gasteiger partial charge in [0.1, 0.15) is 5.76 Å². The molecule has 2 nitrogen and oxygen atoms in total. The molecule has 1 heterocycles. The van der Waals surface area contributed by atoms with E-state index in [-0.39, 0.29) is 0 Å². The van der Waals surface area contributed by atoms with Crippen molar-refractivity contribution in [2.45, 2.75) is 52.0 Å². The molecule has 0 bridgehead atoms. The van der Waals surface area contributed by atoms with Crippen LogP contribution in [0, 0.1) is 5.92 Å². The van der Waals surface area contributed by atoms with Crippen LogP contribution >= 0.6 is 15.9 Å². The number of halogens is 1. The smallest absolute Gasteiger partial charge is 0.169 e. The van der Waals surface area contributed by atoms with Gasteiger partial charge in [-0.05, 0) is 58.5 Å². The van der Waals surface area contributed by atoms with Crippen LogP contribution in [0.15, 0.2) is 26.8 Å². The first-order valence-corrected chi connectivity index (χ1v) is 8.13. The average Bonchev–Trinajstić information content (AvgIpc) is 2.81. The van der Waals surface area contributed by atoms with Crippen molar-refractivity contribution >= 4 is 22.0 Å². The lowest BCUT2D eigenvalue weighted by Crippen LogP contribution is -2.27. The molecule has 1 aliphatic carbocycles. The fraction of sp³-hybridized carbons (Fsp3) is 0.625. The maximum atomic E-state index is 5.62. The number of nitrogens with one attached hydrogen (secondary N) is 1. The molecule has 106 valence electrons. The molecule has 1 saturated carbocycles. The number of furan rings is 1. The molecule has 1 fully saturated rings. The lowest BCUT2D eigenvalue weighted by atomic mass is 9.83. The van der Waals surface area contributed by atoms with Gasteiger partial charge in [0.05, 0.1) is 0 Å². The number of hydrogen-bond acceptors (Lipinski definition) is 2. The minimum Gasteiger partial charge on any atom is -0.450 e. The number of rotatable bonds is 5. The fourth-order valence-corrected chi connectivity index (χ4v) is 3.02. The predicted molar refractivity (Wildman–Crippen MR) is 84.1 cm³/mol. The monoisotopic (exact) mass is 325 g/mol. The predicted octanol–water partition coefficient (Wildman–Crippen LogP) is 5.00. The first-order valence-electron chi connectivity index (χ1n) is 7.34. The third-order valence-corrected chi connectivity index (χ3v) is 4.19. The van der Waals surface area contributed by atoms with Crippen molar-refractivity contribution in [2.75, 3.05) is 6.54 Å².